The lowest BCUT2D eigenvalue weighted by molar-refractivity contribution is 0.962. The van der Waals surface area contributed by atoms with Gasteiger partial charge >= 0.3 is 0 Å². The lowest BCUT2D eigenvalue weighted by atomic mass is 10.2. The first-order valence-electron chi connectivity index (χ1n) is 4.01. The van der Waals surface area contributed by atoms with Gasteiger partial charge in [-0.3, -0.25) is 4.98 Å². The molecule has 0 spiro atoms. The van der Waals surface area contributed by atoms with E-state index < -0.39 is 0 Å². The van der Waals surface area contributed by atoms with E-state index >= 15 is 0 Å². The van der Waals surface area contributed by atoms with Gasteiger partial charge < -0.3 is 0 Å². The maximum absolute atomic E-state index is 4.16. The molecule has 1 heteroatoms. The summed E-state index contributed by atoms with van der Waals surface area (Å²) in [5.41, 5.74) is 1.04. The largest absolute Gasteiger partial charge is 0.257 e. The van der Waals surface area contributed by atoms with Crippen LogP contribution < -0.4 is 0 Å². The van der Waals surface area contributed by atoms with Crippen LogP contribution in [0.4, 0.5) is 0 Å². The van der Waals surface area contributed by atoms with Crippen LogP contribution in [-0.2, 0) is 0 Å². The van der Waals surface area contributed by atoms with Gasteiger partial charge in [0, 0.05) is 6.20 Å². The van der Waals surface area contributed by atoms with Crippen molar-refractivity contribution in [1.82, 2.24) is 4.98 Å². The number of allylic oxidation sites excluding steroid dienone is 1. The predicted molar refractivity (Wildman–Crippen MR) is 48.2 cm³/mol. The molecule has 0 atom stereocenters. The highest BCUT2D eigenvalue weighted by atomic mass is 14.6. The molecule has 1 nitrogen and oxygen atoms in total. The van der Waals surface area contributed by atoms with Crippen LogP contribution in [0.1, 0.15) is 25.5 Å². The molecule has 0 saturated heterocycles. The van der Waals surface area contributed by atoms with Gasteiger partial charge in [0.15, 0.2) is 0 Å². The minimum absolute atomic E-state index is 1.04. The minimum atomic E-state index is 1.04. The summed E-state index contributed by atoms with van der Waals surface area (Å²) in [5, 5.41) is 0. The number of hydrogen-bond acceptors (Lipinski definition) is 1. The van der Waals surface area contributed by atoms with Crippen molar-refractivity contribution in [3.05, 3.63) is 36.2 Å². The molecule has 1 aromatic heterocycles. The van der Waals surface area contributed by atoms with E-state index in [1.165, 1.54) is 6.42 Å². The van der Waals surface area contributed by atoms with Gasteiger partial charge in [-0.25, -0.2) is 0 Å². The first kappa shape index (κ1) is 7.99. The summed E-state index contributed by atoms with van der Waals surface area (Å²) in [7, 11) is 0. The molecule has 0 saturated carbocycles. The van der Waals surface area contributed by atoms with Gasteiger partial charge in [-0.2, -0.15) is 0 Å². The highest BCUT2D eigenvalue weighted by Gasteiger charge is 1.81. The normalized spacial score (nSPS) is 10.6. The van der Waals surface area contributed by atoms with Crippen LogP contribution in [0.2, 0.25) is 0 Å². The zero-order valence-corrected chi connectivity index (χ0v) is 6.83. The van der Waals surface area contributed by atoms with Gasteiger partial charge in [0.05, 0.1) is 5.69 Å². The van der Waals surface area contributed by atoms with Crippen LogP contribution in [0.3, 0.4) is 0 Å². The molecule has 1 heterocycles. The third-order valence-electron chi connectivity index (χ3n) is 1.43. The Bertz CT molecular complexity index is 214. The van der Waals surface area contributed by atoms with E-state index in [4.69, 9.17) is 0 Å². The molecule has 0 aromatic carbocycles. The Labute approximate surface area is 67.8 Å². The Morgan fingerprint density at radius 2 is 2.36 bits per heavy atom. The van der Waals surface area contributed by atoms with Crippen molar-refractivity contribution in [1.29, 1.82) is 0 Å². The van der Waals surface area contributed by atoms with Crippen LogP contribution in [-0.4, -0.2) is 4.98 Å². The van der Waals surface area contributed by atoms with Crippen LogP contribution in [0, 0.1) is 0 Å². The maximum Gasteiger partial charge on any atom is 0.0626 e. The SMILES string of the molecule is CCC/C=C/c1ccccn1. The van der Waals surface area contributed by atoms with Gasteiger partial charge in [-0.05, 0) is 24.6 Å². The zero-order valence-electron chi connectivity index (χ0n) is 6.83. The standard InChI is InChI=1S/C10H13N/c1-2-3-4-7-10-8-5-6-9-11-10/h4-9H,2-3H2,1H3/b7-4+. The molecular formula is C10H13N. The Morgan fingerprint density at radius 3 is 3.00 bits per heavy atom. The third-order valence-corrected chi connectivity index (χ3v) is 1.43. The predicted octanol–water partition coefficient (Wildman–Crippen LogP) is 2.89. The number of rotatable bonds is 3. The van der Waals surface area contributed by atoms with Crippen molar-refractivity contribution >= 4 is 6.08 Å². The van der Waals surface area contributed by atoms with Gasteiger partial charge in [-0.15, -0.1) is 0 Å². The molecule has 58 valence electrons. The monoisotopic (exact) mass is 147 g/mol. The van der Waals surface area contributed by atoms with E-state index in [1.54, 1.807) is 0 Å². The molecule has 0 aliphatic rings. The first-order chi connectivity index (χ1) is 5.43. The molecule has 11 heavy (non-hydrogen) atoms. The summed E-state index contributed by atoms with van der Waals surface area (Å²) in [4.78, 5) is 4.16. The number of hydrogen-bond donors (Lipinski definition) is 0. The fraction of sp³-hybridized carbons (Fsp3) is 0.300. The highest BCUT2D eigenvalue weighted by molar-refractivity contribution is 5.43. The van der Waals surface area contributed by atoms with Gasteiger partial charge in [-0.1, -0.05) is 25.5 Å². The second-order valence-electron chi connectivity index (χ2n) is 2.45. The topological polar surface area (TPSA) is 12.9 Å². The van der Waals surface area contributed by atoms with Crippen LogP contribution in [0.5, 0.6) is 0 Å². The molecular weight excluding hydrogens is 134 g/mol. The highest BCUT2D eigenvalue weighted by Crippen LogP contribution is 1.98. The Balaban J connectivity index is 2.50. The third kappa shape index (κ3) is 2.99. The molecule has 1 aromatic rings. The summed E-state index contributed by atoms with van der Waals surface area (Å²) >= 11 is 0. The summed E-state index contributed by atoms with van der Waals surface area (Å²) < 4.78 is 0. The fourth-order valence-electron chi connectivity index (χ4n) is 0.845. The number of pyridine rings is 1. The van der Waals surface area contributed by atoms with Crippen molar-refractivity contribution in [2.24, 2.45) is 0 Å². The molecule has 0 bridgehead atoms. The van der Waals surface area contributed by atoms with Crippen molar-refractivity contribution < 1.29 is 0 Å². The average molecular weight is 147 g/mol. The second kappa shape index (κ2) is 4.67. The lowest BCUT2D eigenvalue weighted by Crippen LogP contribution is -1.75. The minimum Gasteiger partial charge on any atom is -0.257 e. The molecule has 1 rings (SSSR count). The van der Waals surface area contributed by atoms with Gasteiger partial charge in [0.1, 0.15) is 0 Å². The summed E-state index contributed by atoms with van der Waals surface area (Å²) in [6, 6.07) is 5.93. The van der Waals surface area contributed by atoms with Crippen LogP contribution in [0.15, 0.2) is 30.5 Å². The molecule has 0 amide bonds. The Kier molecular flexibility index (Phi) is 3.39. The second-order valence-corrected chi connectivity index (χ2v) is 2.45. The van der Waals surface area contributed by atoms with E-state index in [0.717, 1.165) is 12.1 Å². The van der Waals surface area contributed by atoms with Crippen molar-refractivity contribution in [3.63, 3.8) is 0 Å². The zero-order chi connectivity index (χ0) is 7.94. The number of nitrogens with zero attached hydrogens (tertiary/aromatic N) is 1. The average Bonchev–Trinajstić information content (AvgIpc) is 2.07. The molecule has 0 fully saturated rings. The first-order valence-corrected chi connectivity index (χ1v) is 4.01. The van der Waals surface area contributed by atoms with Crippen molar-refractivity contribution in [2.75, 3.05) is 0 Å². The van der Waals surface area contributed by atoms with E-state index in [0.29, 0.717) is 0 Å². The van der Waals surface area contributed by atoms with Crippen molar-refractivity contribution in [3.8, 4) is 0 Å². The maximum atomic E-state index is 4.16. The van der Waals surface area contributed by atoms with Crippen LogP contribution >= 0.6 is 0 Å². The van der Waals surface area contributed by atoms with Gasteiger partial charge in [0.25, 0.3) is 0 Å². The summed E-state index contributed by atoms with van der Waals surface area (Å²) in [6.45, 7) is 2.17. The van der Waals surface area contributed by atoms with E-state index in [9.17, 15) is 0 Å². The van der Waals surface area contributed by atoms with E-state index in [2.05, 4.69) is 24.1 Å². The molecule has 0 aliphatic carbocycles. The molecule has 0 unspecified atom stereocenters. The van der Waals surface area contributed by atoms with Crippen LogP contribution in [0.25, 0.3) is 6.08 Å². The lowest BCUT2D eigenvalue weighted by Gasteiger charge is -1.88. The Hall–Kier alpha value is -1.11. The Morgan fingerprint density at radius 1 is 1.45 bits per heavy atom. The fourth-order valence-corrected chi connectivity index (χ4v) is 0.845. The molecule has 0 N–H and O–H groups in total. The van der Waals surface area contributed by atoms with E-state index in [-0.39, 0.29) is 0 Å². The quantitative estimate of drug-likeness (QED) is 0.640. The molecule has 0 aliphatic heterocycles. The smallest absolute Gasteiger partial charge is 0.0626 e. The number of unbranched alkanes of at least 4 members (excludes halogenated alkanes) is 1. The number of aromatic nitrogens is 1. The molecule has 0 radical (unpaired) electrons. The van der Waals surface area contributed by atoms with E-state index in [1.807, 2.05) is 24.4 Å². The van der Waals surface area contributed by atoms with Gasteiger partial charge in [0.2, 0.25) is 0 Å². The van der Waals surface area contributed by atoms with Crippen molar-refractivity contribution in [2.45, 2.75) is 19.8 Å². The summed E-state index contributed by atoms with van der Waals surface area (Å²) in [5.74, 6) is 0. The summed E-state index contributed by atoms with van der Waals surface area (Å²) in [6.07, 6.45) is 8.36.